The number of nitrogens with zero attached hydrogens (tertiary/aromatic N) is 1. The van der Waals surface area contributed by atoms with Crippen LogP contribution in [0.2, 0.25) is 5.02 Å². The van der Waals surface area contributed by atoms with Gasteiger partial charge in [-0.2, -0.15) is 0 Å². The summed E-state index contributed by atoms with van der Waals surface area (Å²) in [4.78, 5) is 15.3. The van der Waals surface area contributed by atoms with Crippen molar-refractivity contribution in [3.63, 3.8) is 0 Å². The Bertz CT molecular complexity index is 550. The Morgan fingerprint density at radius 3 is 2.94 bits per heavy atom. The molecule has 3 nitrogen and oxygen atoms in total. The van der Waals surface area contributed by atoms with Crippen LogP contribution in [0.5, 0.6) is 0 Å². The first kappa shape index (κ1) is 11.4. The fourth-order valence-corrected chi connectivity index (χ4v) is 2.93. The number of carboxylic acid groups (broad SMARTS) is 1. The molecule has 5 heteroatoms. The van der Waals surface area contributed by atoms with Gasteiger partial charge < -0.3 is 5.11 Å². The van der Waals surface area contributed by atoms with Gasteiger partial charge in [-0.25, -0.2) is 9.78 Å². The van der Waals surface area contributed by atoms with E-state index >= 15 is 0 Å². The van der Waals surface area contributed by atoms with Crippen molar-refractivity contribution in [3.05, 3.63) is 27.7 Å². The summed E-state index contributed by atoms with van der Waals surface area (Å²) in [5.74, 6) is -0.964. The molecule has 0 aliphatic rings. The second-order valence-corrected chi connectivity index (χ2v) is 4.99. The molecular weight excluding hydrogens is 246 g/mol. The number of fused-ring (bicyclic) bond motifs is 1. The summed E-state index contributed by atoms with van der Waals surface area (Å²) >= 11 is 7.51. The molecule has 1 aromatic heterocycles. The van der Waals surface area contributed by atoms with Crippen molar-refractivity contribution >= 4 is 39.1 Å². The number of hydrogen-bond donors (Lipinski definition) is 1. The van der Waals surface area contributed by atoms with Crippen molar-refractivity contribution in [1.29, 1.82) is 0 Å². The highest BCUT2D eigenvalue weighted by atomic mass is 35.5. The largest absolute Gasteiger partial charge is 0.478 e. The molecule has 0 spiro atoms. The molecule has 0 saturated heterocycles. The average molecular weight is 256 g/mol. The van der Waals surface area contributed by atoms with Crippen LogP contribution >= 0.6 is 22.9 Å². The summed E-state index contributed by atoms with van der Waals surface area (Å²) in [5, 5.41) is 10.3. The lowest BCUT2D eigenvalue weighted by Crippen LogP contribution is -1.95. The van der Waals surface area contributed by atoms with E-state index in [-0.39, 0.29) is 5.56 Å². The third-order valence-corrected chi connectivity index (χ3v) is 3.55. The van der Waals surface area contributed by atoms with Crippen molar-refractivity contribution in [2.75, 3.05) is 0 Å². The number of thiazole rings is 1. The van der Waals surface area contributed by atoms with E-state index in [0.29, 0.717) is 10.5 Å². The van der Waals surface area contributed by atoms with E-state index in [9.17, 15) is 4.79 Å². The summed E-state index contributed by atoms with van der Waals surface area (Å²) in [6, 6.07) is 3.07. The predicted molar refractivity (Wildman–Crippen MR) is 65.6 cm³/mol. The average Bonchev–Trinajstić information content (AvgIpc) is 2.61. The third kappa shape index (κ3) is 2.03. The van der Waals surface area contributed by atoms with E-state index in [1.54, 1.807) is 6.07 Å². The van der Waals surface area contributed by atoms with Crippen LogP contribution in [0.1, 0.15) is 28.7 Å². The monoisotopic (exact) mass is 255 g/mol. The summed E-state index contributed by atoms with van der Waals surface area (Å²) in [6.45, 7) is 2.08. The number of aryl methyl sites for hydroxylation is 1. The molecule has 1 N–H and O–H groups in total. The predicted octanol–water partition coefficient (Wildman–Crippen LogP) is 3.60. The third-order valence-electron chi connectivity index (χ3n) is 2.20. The van der Waals surface area contributed by atoms with Gasteiger partial charge in [0.15, 0.2) is 0 Å². The second kappa shape index (κ2) is 4.39. The zero-order valence-electron chi connectivity index (χ0n) is 8.66. The second-order valence-electron chi connectivity index (χ2n) is 3.47. The van der Waals surface area contributed by atoms with E-state index in [1.807, 2.05) is 0 Å². The van der Waals surface area contributed by atoms with Crippen molar-refractivity contribution < 1.29 is 9.90 Å². The van der Waals surface area contributed by atoms with Gasteiger partial charge in [0.1, 0.15) is 5.52 Å². The van der Waals surface area contributed by atoms with E-state index in [4.69, 9.17) is 16.7 Å². The number of rotatable bonds is 3. The zero-order valence-corrected chi connectivity index (χ0v) is 10.2. The van der Waals surface area contributed by atoms with Gasteiger partial charge in [-0.05, 0) is 25.0 Å². The van der Waals surface area contributed by atoms with Crippen LogP contribution in [0.4, 0.5) is 0 Å². The molecule has 0 aliphatic heterocycles. The van der Waals surface area contributed by atoms with Crippen molar-refractivity contribution in [2.24, 2.45) is 0 Å². The van der Waals surface area contributed by atoms with Crippen LogP contribution in [-0.2, 0) is 6.42 Å². The van der Waals surface area contributed by atoms with E-state index < -0.39 is 5.97 Å². The maximum atomic E-state index is 10.9. The molecule has 0 unspecified atom stereocenters. The van der Waals surface area contributed by atoms with Crippen LogP contribution in [0.25, 0.3) is 10.2 Å². The summed E-state index contributed by atoms with van der Waals surface area (Å²) in [5.41, 5.74) is 0.921. The SMILES string of the molecule is CCCc1nc2c(Cl)cc(C(=O)O)cc2s1. The molecule has 1 heterocycles. The molecule has 0 bridgehead atoms. The molecular formula is C11H10ClNO2S. The number of carboxylic acids is 1. The normalized spacial score (nSPS) is 10.9. The zero-order chi connectivity index (χ0) is 11.7. The molecule has 2 rings (SSSR count). The number of aromatic carboxylic acids is 1. The lowest BCUT2D eigenvalue weighted by atomic mass is 10.2. The number of benzene rings is 1. The van der Waals surface area contributed by atoms with E-state index in [0.717, 1.165) is 22.5 Å². The first-order chi connectivity index (χ1) is 7.61. The van der Waals surface area contributed by atoms with Crippen LogP contribution in [0, 0.1) is 0 Å². The number of halogens is 1. The Morgan fingerprint density at radius 1 is 1.56 bits per heavy atom. The van der Waals surface area contributed by atoms with Crippen LogP contribution < -0.4 is 0 Å². The summed E-state index contributed by atoms with van der Waals surface area (Å²) in [6.07, 6.45) is 1.92. The highest BCUT2D eigenvalue weighted by Gasteiger charge is 2.11. The lowest BCUT2D eigenvalue weighted by molar-refractivity contribution is 0.0697. The molecule has 0 radical (unpaired) electrons. The Hall–Kier alpha value is -1.13. The minimum Gasteiger partial charge on any atom is -0.478 e. The highest BCUT2D eigenvalue weighted by molar-refractivity contribution is 7.18. The van der Waals surface area contributed by atoms with E-state index in [1.165, 1.54) is 17.4 Å². The molecule has 0 aliphatic carbocycles. The first-order valence-electron chi connectivity index (χ1n) is 4.94. The molecule has 84 valence electrons. The summed E-state index contributed by atoms with van der Waals surface area (Å²) < 4.78 is 0.841. The molecule has 0 amide bonds. The van der Waals surface area contributed by atoms with Gasteiger partial charge in [0.25, 0.3) is 0 Å². The lowest BCUT2D eigenvalue weighted by Gasteiger charge is -1.95. The van der Waals surface area contributed by atoms with Gasteiger partial charge in [0.05, 0.1) is 20.3 Å². The van der Waals surface area contributed by atoms with Gasteiger partial charge in [-0.3, -0.25) is 0 Å². The van der Waals surface area contributed by atoms with Crippen molar-refractivity contribution in [2.45, 2.75) is 19.8 Å². The fraction of sp³-hybridized carbons (Fsp3) is 0.273. The number of aromatic nitrogens is 1. The molecule has 16 heavy (non-hydrogen) atoms. The van der Waals surface area contributed by atoms with Gasteiger partial charge in [0.2, 0.25) is 0 Å². The first-order valence-corrected chi connectivity index (χ1v) is 6.13. The minimum absolute atomic E-state index is 0.212. The van der Waals surface area contributed by atoms with Gasteiger partial charge in [0, 0.05) is 0 Å². The standard InChI is InChI=1S/C11H10ClNO2S/c1-2-3-9-13-10-7(12)4-6(11(14)15)5-8(10)16-9/h4-5H,2-3H2,1H3,(H,14,15). The summed E-state index contributed by atoms with van der Waals surface area (Å²) in [7, 11) is 0. The molecule has 1 aromatic carbocycles. The van der Waals surface area contributed by atoms with Crippen LogP contribution in [0.3, 0.4) is 0 Å². The number of carbonyl (C=O) groups is 1. The quantitative estimate of drug-likeness (QED) is 0.912. The van der Waals surface area contributed by atoms with Crippen LogP contribution in [-0.4, -0.2) is 16.1 Å². The maximum Gasteiger partial charge on any atom is 0.335 e. The fourth-order valence-electron chi connectivity index (χ4n) is 1.48. The highest BCUT2D eigenvalue weighted by Crippen LogP contribution is 2.30. The smallest absolute Gasteiger partial charge is 0.335 e. The van der Waals surface area contributed by atoms with Crippen molar-refractivity contribution in [3.8, 4) is 0 Å². The number of hydrogen-bond acceptors (Lipinski definition) is 3. The Morgan fingerprint density at radius 2 is 2.31 bits per heavy atom. The van der Waals surface area contributed by atoms with E-state index in [2.05, 4.69) is 11.9 Å². The van der Waals surface area contributed by atoms with Gasteiger partial charge in [-0.1, -0.05) is 18.5 Å². The molecule has 0 fully saturated rings. The molecule has 0 saturated carbocycles. The van der Waals surface area contributed by atoms with Gasteiger partial charge >= 0.3 is 5.97 Å². The minimum atomic E-state index is -0.964. The van der Waals surface area contributed by atoms with Gasteiger partial charge in [-0.15, -0.1) is 11.3 Å². The molecule has 2 aromatic rings. The van der Waals surface area contributed by atoms with Crippen LogP contribution in [0.15, 0.2) is 12.1 Å². The van der Waals surface area contributed by atoms with Crippen molar-refractivity contribution in [1.82, 2.24) is 4.98 Å². The Labute approximate surface area is 102 Å². The maximum absolute atomic E-state index is 10.9. The Kier molecular flexibility index (Phi) is 3.12. The topological polar surface area (TPSA) is 50.2 Å². The Balaban J connectivity index is 2.58. The molecule has 0 atom stereocenters.